The van der Waals surface area contributed by atoms with Crippen LogP contribution < -0.4 is 15.1 Å². The van der Waals surface area contributed by atoms with Crippen LogP contribution in [0, 0.1) is 0 Å². The zero-order chi connectivity index (χ0) is 22.4. The summed E-state index contributed by atoms with van der Waals surface area (Å²) in [7, 11) is 0. The molecule has 168 valence electrons. The van der Waals surface area contributed by atoms with Crippen molar-refractivity contribution < 1.29 is 18.0 Å². The van der Waals surface area contributed by atoms with Crippen LogP contribution in [0.1, 0.15) is 25.8 Å². The number of alkyl halides is 3. The largest absolute Gasteiger partial charge is 0.416 e. The number of anilines is 2. The highest BCUT2D eigenvalue weighted by Crippen LogP contribution is 2.32. The van der Waals surface area contributed by atoms with E-state index in [9.17, 15) is 18.0 Å². The molecule has 1 saturated heterocycles. The number of hydrogen-bond acceptors (Lipinski definition) is 6. The average Bonchev–Trinajstić information content (AvgIpc) is 2.77. The monoisotopic (exact) mass is 453 g/mol. The molecule has 0 bridgehead atoms. The zero-order valence-electron chi connectivity index (χ0n) is 17.5. The smallest absolute Gasteiger partial charge is 0.368 e. The van der Waals surface area contributed by atoms with E-state index >= 15 is 0 Å². The third kappa shape index (κ3) is 6.49. The van der Waals surface area contributed by atoms with Crippen molar-refractivity contribution in [3.05, 3.63) is 42.0 Å². The molecule has 1 fully saturated rings. The van der Waals surface area contributed by atoms with Crippen LogP contribution in [0.25, 0.3) is 0 Å². The standard InChI is InChI=1S/C21H26F3N5OS/c1-3-15(2)25-19(30)14-31-20-8-7-18(26-27-20)29-11-9-28(10-12-29)17-6-4-5-16(13-17)21(22,23)24/h4-8,13,15H,3,9-12,14H2,1-2H3,(H,25,30). The molecule has 1 N–H and O–H groups in total. The molecule has 31 heavy (non-hydrogen) atoms. The van der Waals surface area contributed by atoms with Gasteiger partial charge in [0.15, 0.2) is 5.82 Å². The van der Waals surface area contributed by atoms with Gasteiger partial charge in [-0.3, -0.25) is 4.79 Å². The van der Waals surface area contributed by atoms with Crippen LogP contribution >= 0.6 is 11.8 Å². The molecular formula is C21H26F3N5OS. The summed E-state index contributed by atoms with van der Waals surface area (Å²) < 4.78 is 38.9. The quantitative estimate of drug-likeness (QED) is 0.643. The maximum Gasteiger partial charge on any atom is 0.416 e. The second-order valence-electron chi connectivity index (χ2n) is 7.42. The van der Waals surface area contributed by atoms with Crippen LogP contribution in [0.5, 0.6) is 0 Å². The van der Waals surface area contributed by atoms with Gasteiger partial charge in [0.25, 0.3) is 0 Å². The van der Waals surface area contributed by atoms with Crippen molar-refractivity contribution in [2.75, 3.05) is 41.7 Å². The molecule has 2 heterocycles. The fraction of sp³-hybridized carbons (Fsp3) is 0.476. The van der Waals surface area contributed by atoms with Gasteiger partial charge >= 0.3 is 6.18 Å². The summed E-state index contributed by atoms with van der Waals surface area (Å²) in [5.74, 6) is 0.974. The predicted octanol–water partition coefficient (Wildman–Crippen LogP) is 3.83. The maximum absolute atomic E-state index is 13.0. The summed E-state index contributed by atoms with van der Waals surface area (Å²) in [4.78, 5) is 15.9. The Balaban J connectivity index is 1.51. The lowest BCUT2D eigenvalue weighted by atomic mass is 10.1. The lowest BCUT2D eigenvalue weighted by Gasteiger charge is -2.36. The van der Waals surface area contributed by atoms with Crippen LogP contribution in [0.3, 0.4) is 0 Å². The Bertz CT molecular complexity index is 870. The number of carbonyl (C=O) groups excluding carboxylic acids is 1. The van der Waals surface area contributed by atoms with Crippen LogP contribution in [0.15, 0.2) is 41.4 Å². The van der Waals surface area contributed by atoms with Gasteiger partial charge in [-0.2, -0.15) is 13.2 Å². The van der Waals surface area contributed by atoms with Gasteiger partial charge < -0.3 is 15.1 Å². The number of piperazine rings is 1. The Labute approximate surface area is 184 Å². The first-order valence-corrected chi connectivity index (χ1v) is 11.2. The number of amides is 1. The normalized spacial score (nSPS) is 15.6. The zero-order valence-corrected chi connectivity index (χ0v) is 18.3. The van der Waals surface area contributed by atoms with Gasteiger partial charge in [-0.05, 0) is 43.7 Å². The molecule has 1 amide bonds. The number of nitrogens with zero attached hydrogens (tertiary/aromatic N) is 4. The number of thioether (sulfide) groups is 1. The number of halogens is 3. The maximum atomic E-state index is 13.0. The van der Waals surface area contributed by atoms with Crippen LogP contribution in [0.4, 0.5) is 24.7 Å². The molecule has 1 unspecified atom stereocenters. The van der Waals surface area contributed by atoms with Gasteiger partial charge in [-0.1, -0.05) is 24.8 Å². The van der Waals surface area contributed by atoms with E-state index in [1.165, 1.54) is 23.9 Å². The third-order valence-electron chi connectivity index (χ3n) is 5.14. The molecule has 0 radical (unpaired) electrons. The number of hydrogen-bond donors (Lipinski definition) is 1. The number of benzene rings is 1. The van der Waals surface area contributed by atoms with Gasteiger partial charge in [-0.25, -0.2) is 0 Å². The van der Waals surface area contributed by atoms with E-state index < -0.39 is 11.7 Å². The van der Waals surface area contributed by atoms with Crippen molar-refractivity contribution in [3.8, 4) is 0 Å². The fourth-order valence-electron chi connectivity index (χ4n) is 3.19. The average molecular weight is 454 g/mol. The van der Waals surface area contributed by atoms with E-state index in [1.54, 1.807) is 6.07 Å². The molecule has 1 atom stereocenters. The Morgan fingerprint density at radius 1 is 1.13 bits per heavy atom. The number of rotatable bonds is 7. The molecule has 3 rings (SSSR count). The number of carbonyl (C=O) groups is 1. The second-order valence-corrected chi connectivity index (χ2v) is 8.41. The summed E-state index contributed by atoms with van der Waals surface area (Å²) in [6, 6.07) is 9.27. The first-order valence-electron chi connectivity index (χ1n) is 10.2. The molecule has 2 aromatic rings. The Morgan fingerprint density at radius 2 is 1.84 bits per heavy atom. The molecule has 0 aliphatic carbocycles. The van der Waals surface area contributed by atoms with E-state index in [4.69, 9.17) is 0 Å². The summed E-state index contributed by atoms with van der Waals surface area (Å²) in [5, 5.41) is 12.0. The molecule has 1 aliphatic rings. The van der Waals surface area contributed by atoms with Crippen molar-refractivity contribution >= 4 is 29.2 Å². The number of aromatic nitrogens is 2. The van der Waals surface area contributed by atoms with Crippen LogP contribution in [0.2, 0.25) is 0 Å². The van der Waals surface area contributed by atoms with E-state index in [1.807, 2.05) is 30.9 Å². The first kappa shape index (κ1) is 23.2. The van der Waals surface area contributed by atoms with E-state index in [0.29, 0.717) is 36.9 Å². The van der Waals surface area contributed by atoms with Gasteiger partial charge in [0, 0.05) is 37.9 Å². The minimum atomic E-state index is -4.35. The fourth-order valence-corrected chi connectivity index (χ4v) is 3.81. The lowest BCUT2D eigenvalue weighted by molar-refractivity contribution is -0.137. The number of nitrogens with one attached hydrogen (secondary N) is 1. The van der Waals surface area contributed by atoms with Gasteiger partial charge in [-0.15, -0.1) is 10.2 Å². The molecule has 0 saturated carbocycles. The topological polar surface area (TPSA) is 61.4 Å². The van der Waals surface area contributed by atoms with Crippen LogP contribution in [-0.4, -0.2) is 54.1 Å². The third-order valence-corrected chi connectivity index (χ3v) is 6.06. The molecule has 1 aliphatic heterocycles. The van der Waals surface area contributed by atoms with Crippen molar-refractivity contribution in [1.29, 1.82) is 0 Å². The second kappa shape index (κ2) is 10.2. The predicted molar refractivity (Wildman–Crippen MR) is 117 cm³/mol. The molecule has 1 aromatic carbocycles. The summed E-state index contributed by atoms with van der Waals surface area (Å²) in [6.07, 6.45) is -3.46. The van der Waals surface area contributed by atoms with Crippen molar-refractivity contribution in [1.82, 2.24) is 15.5 Å². The van der Waals surface area contributed by atoms with E-state index in [-0.39, 0.29) is 17.7 Å². The van der Waals surface area contributed by atoms with Gasteiger partial charge in [0.1, 0.15) is 5.03 Å². The molecule has 6 nitrogen and oxygen atoms in total. The summed E-state index contributed by atoms with van der Waals surface area (Å²) >= 11 is 1.33. The molecule has 0 spiro atoms. The highest BCUT2D eigenvalue weighted by molar-refractivity contribution is 7.99. The van der Waals surface area contributed by atoms with Crippen molar-refractivity contribution in [2.24, 2.45) is 0 Å². The lowest BCUT2D eigenvalue weighted by Crippen LogP contribution is -2.47. The summed E-state index contributed by atoms with van der Waals surface area (Å²) in [6.45, 7) is 6.43. The molecule has 10 heteroatoms. The molecule has 1 aromatic heterocycles. The first-order chi connectivity index (χ1) is 14.8. The molecular weight excluding hydrogens is 427 g/mol. The van der Waals surface area contributed by atoms with Crippen molar-refractivity contribution in [2.45, 2.75) is 37.5 Å². The minimum absolute atomic E-state index is 0.0315. The van der Waals surface area contributed by atoms with E-state index in [0.717, 1.165) is 18.3 Å². The highest BCUT2D eigenvalue weighted by atomic mass is 32.2. The Kier molecular flexibility index (Phi) is 7.64. The summed E-state index contributed by atoms with van der Waals surface area (Å²) in [5.41, 5.74) is -0.0628. The van der Waals surface area contributed by atoms with Gasteiger partial charge in [0.2, 0.25) is 5.91 Å². The minimum Gasteiger partial charge on any atom is -0.368 e. The SMILES string of the molecule is CCC(C)NC(=O)CSc1ccc(N2CCN(c3cccc(C(F)(F)F)c3)CC2)nn1. The van der Waals surface area contributed by atoms with Crippen molar-refractivity contribution in [3.63, 3.8) is 0 Å². The van der Waals surface area contributed by atoms with Crippen LogP contribution in [-0.2, 0) is 11.0 Å². The Morgan fingerprint density at radius 3 is 2.45 bits per heavy atom. The van der Waals surface area contributed by atoms with E-state index in [2.05, 4.69) is 20.4 Å². The Hall–Kier alpha value is -2.49. The van der Waals surface area contributed by atoms with Gasteiger partial charge in [0.05, 0.1) is 11.3 Å². The highest BCUT2D eigenvalue weighted by Gasteiger charge is 2.31.